The van der Waals surface area contributed by atoms with Crippen LogP contribution in [0.4, 0.5) is 0 Å². The molecule has 1 aliphatic carbocycles. The van der Waals surface area contributed by atoms with Crippen molar-refractivity contribution in [3.63, 3.8) is 0 Å². The van der Waals surface area contributed by atoms with Gasteiger partial charge in [-0.1, -0.05) is 19.8 Å². The Morgan fingerprint density at radius 2 is 1.94 bits per heavy atom. The average Bonchev–Trinajstić information content (AvgIpc) is 2.69. The lowest BCUT2D eigenvalue weighted by Crippen LogP contribution is -2.40. The number of rotatable bonds is 7. The molecule has 0 aromatic carbocycles. The predicted molar refractivity (Wildman–Crippen MR) is 66.9 cm³/mol. The Hall–Kier alpha value is -0.130. The fourth-order valence-electron chi connectivity index (χ4n) is 2.28. The van der Waals surface area contributed by atoms with Gasteiger partial charge >= 0.3 is 0 Å². The highest BCUT2D eigenvalue weighted by molar-refractivity contribution is 7.89. The van der Waals surface area contributed by atoms with Gasteiger partial charge in [-0.3, -0.25) is 0 Å². The molecule has 1 unspecified atom stereocenters. The summed E-state index contributed by atoms with van der Waals surface area (Å²) in [5.41, 5.74) is 0. The van der Waals surface area contributed by atoms with Gasteiger partial charge in [0, 0.05) is 12.6 Å². The van der Waals surface area contributed by atoms with E-state index in [0.29, 0.717) is 12.5 Å². The first-order valence-corrected chi connectivity index (χ1v) is 7.91. The van der Waals surface area contributed by atoms with E-state index in [1.165, 1.54) is 12.8 Å². The van der Waals surface area contributed by atoms with E-state index in [0.717, 1.165) is 19.4 Å². The minimum Gasteiger partial charge on any atom is -0.316 e. The van der Waals surface area contributed by atoms with Gasteiger partial charge in [-0.05, 0) is 32.2 Å². The Morgan fingerprint density at radius 1 is 1.31 bits per heavy atom. The fraction of sp³-hybridized carbons (Fsp3) is 1.00. The Bertz CT molecular complexity index is 284. The zero-order valence-corrected chi connectivity index (χ0v) is 11.1. The van der Waals surface area contributed by atoms with Crippen LogP contribution >= 0.6 is 0 Å². The molecule has 1 atom stereocenters. The Kier molecular flexibility index (Phi) is 5.72. The summed E-state index contributed by atoms with van der Waals surface area (Å²) in [4.78, 5) is 0. The van der Waals surface area contributed by atoms with Crippen LogP contribution in [-0.4, -0.2) is 33.3 Å². The highest BCUT2D eigenvalue weighted by atomic mass is 32.2. The zero-order chi connectivity index (χ0) is 12.0. The van der Waals surface area contributed by atoms with Gasteiger partial charge in [-0.25, -0.2) is 13.1 Å². The molecule has 0 aromatic heterocycles. The van der Waals surface area contributed by atoms with Crippen LogP contribution in [0, 0.1) is 5.92 Å². The van der Waals surface area contributed by atoms with Crippen molar-refractivity contribution in [3.05, 3.63) is 0 Å². The third kappa shape index (κ3) is 4.80. The van der Waals surface area contributed by atoms with Crippen LogP contribution in [0.5, 0.6) is 0 Å². The summed E-state index contributed by atoms with van der Waals surface area (Å²) >= 11 is 0. The monoisotopic (exact) mass is 248 g/mol. The van der Waals surface area contributed by atoms with E-state index in [9.17, 15) is 8.42 Å². The maximum absolute atomic E-state index is 11.7. The first-order chi connectivity index (χ1) is 7.55. The van der Waals surface area contributed by atoms with Crippen LogP contribution in [0.25, 0.3) is 0 Å². The lowest BCUT2D eigenvalue weighted by Gasteiger charge is -2.20. The molecule has 5 heteroatoms. The van der Waals surface area contributed by atoms with Crippen LogP contribution in [0.3, 0.4) is 0 Å². The lowest BCUT2D eigenvalue weighted by atomic mass is 10.0. The van der Waals surface area contributed by atoms with E-state index < -0.39 is 10.0 Å². The van der Waals surface area contributed by atoms with Gasteiger partial charge in [-0.15, -0.1) is 0 Å². The topological polar surface area (TPSA) is 58.2 Å². The SMILES string of the molecule is CCNCCS(=O)(=O)NC(C)C1CCCC1. The molecule has 1 fully saturated rings. The summed E-state index contributed by atoms with van der Waals surface area (Å²) < 4.78 is 26.2. The first-order valence-electron chi connectivity index (χ1n) is 6.26. The number of nitrogens with one attached hydrogen (secondary N) is 2. The molecule has 0 aliphatic heterocycles. The quantitative estimate of drug-likeness (QED) is 0.663. The van der Waals surface area contributed by atoms with Crippen LogP contribution in [-0.2, 0) is 10.0 Å². The molecule has 0 spiro atoms. The van der Waals surface area contributed by atoms with Crippen LogP contribution in [0.2, 0.25) is 0 Å². The average molecular weight is 248 g/mol. The minimum absolute atomic E-state index is 0.0918. The number of hydrogen-bond acceptors (Lipinski definition) is 3. The summed E-state index contributed by atoms with van der Waals surface area (Å²) in [6.45, 7) is 5.30. The van der Waals surface area contributed by atoms with E-state index in [1.54, 1.807) is 0 Å². The van der Waals surface area contributed by atoms with Gasteiger partial charge in [0.05, 0.1) is 5.75 Å². The summed E-state index contributed by atoms with van der Waals surface area (Å²) in [6.07, 6.45) is 4.82. The molecule has 0 aromatic rings. The van der Waals surface area contributed by atoms with E-state index in [2.05, 4.69) is 10.0 Å². The van der Waals surface area contributed by atoms with Crippen molar-refractivity contribution in [2.24, 2.45) is 5.92 Å². The molecule has 0 heterocycles. The number of hydrogen-bond donors (Lipinski definition) is 2. The second-order valence-corrected chi connectivity index (χ2v) is 6.50. The molecular weight excluding hydrogens is 224 g/mol. The fourth-order valence-corrected chi connectivity index (χ4v) is 3.57. The van der Waals surface area contributed by atoms with E-state index in [1.807, 2.05) is 13.8 Å². The molecule has 96 valence electrons. The van der Waals surface area contributed by atoms with Crippen molar-refractivity contribution >= 4 is 10.0 Å². The van der Waals surface area contributed by atoms with Crippen LogP contribution < -0.4 is 10.0 Å². The molecule has 0 amide bonds. The standard InChI is InChI=1S/C11H24N2O2S/c1-3-12-8-9-16(14,15)13-10(2)11-6-4-5-7-11/h10-13H,3-9H2,1-2H3. The molecule has 16 heavy (non-hydrogen) atoms. The maximum atomic E-state index is 11.7. The molecule has 2 N–H and O–H groups in total. The number of sulfonamides is 1. The second-order valence-electron chi connectivity index (χ2n) is 4.62. The molecule has 4 nitrogen and oxygen atoms in total. The Balaban J connectivity index is 2.33. The van der Waals surface area contributed by atoms with Gasteiger partial charge in [-0.2, -0.15) is 0 Å². The predicted octanol–water partition coefficient (Wildman–Crippen LogP) is 1.09. The van der Waals surface area contributed by atoms with Crippen LogP contribution in [0.1, 0.15) is 39.5 Å². The molecule has 0 saturated heterocycles. The highest BCUT2D eigenvalue weighted by Crippen LogP contribution is 2.27. The largest absolute Gasteiger partial charge is 0.316 e. The smallest absolute Gasteiger partial charge is 0.213 e. The normalized spacial score (nSPS) is 20.1. The first kappa shape index (κ1) is 13.9. The maximum Gasteiger partial charge on any atom is 0.213 e. The zero-order valence-electron chi connectivity index (χ0n) is 10.3. The summed E-state index contributed by atoms with van der Waals surface area (Å²) in [5, 5.41) is 3.03. The summed E-state index contributed by atoms with van der Waals surface area (Å²) in [7, 11) is -3.10. The molecule has 0 bridgehead atoms. The van der Waals surface area contributed by atoms with Gasteiger partial charge in [0.2, 0.25) is 10.0 Å². The van der Waals surface area contributed by atoms with Crippen molar-refractivity contribution in [1.82, 2.24) is 10.0 Å². The van der Waals surface area contributed by atoms with Crippen molar-refractivity contribution in [3.8, 4) is 0 Å². The highest BCUT2D eigenvalue weighted by Gasteiger charge is 2.24. The van der Waals surface area contributed by atoms with E-state index in [-0.39, 0.29) is 11.8 Å². The molecule has 0 radical (unpaired) electrons. The van der Waals surface area contributed by atoms with E-state index in [4.69, 9.17) is 0 Å². The Labute approximate surface area is 99.2 Å². The van der Waals surface area contributed by atoms with Gasteiger partial charge < -0.3 is 5.32 Å². The van der Waals surface area contributed by atoms with Crippen LogP contribution in [0.15, 0.2) is 0 Å². The minimum atomic E-state index is -3.10. The molecule has 1 rings (SSSR count). The second kappa shape index (κ2) is 6.57. The van der Waals surface area contributed by atoms with Gasteiger partial charge in [0.1, 0.15) is 0 Å². The molecular formula is C11H24N2O2S. The Morgan fingerprint density at radius 3 is 2.50 bits per heavy atom. The molecule has 1 aliphatic rings. The van der Waals surface area contributed by atoms with Gasteiger partial charge in [0.15, 0.2) is 0 Å². The summed E-state index contributed by atoms with van der Waals surface area (Å²) in [6, 6.07) is 0.0918. The van der Waals surface area contributed by atoms with E-state index >= 15 is 0 Å². The van der Waals surface area contributed by atoms with Crippen molar-refractivity contribution in [2.45, 2.75) is 45.6 Å². The lowest BCUT2D eigenvalue weighted by molar-refractivity contribution is 0.423. The summed E-state index contributed by atoms with van der Waals surface area (Å²) in [5.74, 6) is 0.714. The van der Waals surface area contributed by atoms with Gasteiger partial charge in [0.25, 0.3) is 0 Å². The van der Waals surface area contributed by atoms with Crippen molar-refractivity contribution in [1.29, 1.82) is 0 Å². The third-order valence-corrected chi connectivity index (χ3v) is 4.74. The third-order valence-electron chi connectivity index (χ3n) is 3.27. The van der Waals surface area contributed by atoms with Crippen molar-refractivity contribution in [2.75, 3.05) is 18.8 Å². The van der Waals surface area contributed by atoms with Crippen molar-refractivity contribution < 1.29 is 8.42 Å². The molecule has 1 saturated carbocycles.